The van der Waals surface area contributed by atoms with E-state index in [0.29, 0.717) is 25.6 Å². The minimum atomic E-state index is -0.305. The molecule has 82 valence electrons. The van der Waals surface area contributed by atoms with Crippen LogP contribution >= 0.6 is 11.3 Å². The Morgan fingerprint density at radius 2 is 2.33 bits per heavy atom. The fourth-order valence-corrected chi connectivity index (χ4v) is 2.60. The quantitative estimate of drug-likeness (QED) is 0.811. The Hall–Kier alpha value is -1.07. The molecule has 0 bridgehead atoms. The topological polar surface area (TPSA) is 64.3 Å². The van der Waals surface area contributed by atoms with Crippen molar-refractivity contribution in [2.24, 2.45) is 11.7 Å². The largest absolute Gasteiger partial charge is 0.449 e. The molecule has 0 aromatic carbocycles. The van der Waals surface area contributed by atoms with Gasteiger partial charge in [0, 0.05) is 28.8 Å². The van der Waals surface area contributed by atoms with Crippen molar-refractivity contribution in [3.05, 3.63) is 21.9 Å². The molecule has 0 aliphatic carbocycles. The Morgan fingerprint density at radius 1 is 1.53 bits per heavy atom. The standard InChI is InChI=1S/C10H14N2O2S/c11-4-9-2-1-8(15-9)3-7-5-12-10(13)14-6-7/h1-2,7H,3-6,11H2,(H,12,13)/t7-/m1/s1. The highest BCUT2D eigenvalue weighted by Crippen LogP contribution is 2.20. The lowest BCUT2D eigenvalue weighted by Gasteiger charge is -2.21. The molecule has 1 aromatic rings. The third-order valence-electron chi connectivity index (χ3n) is 2.39. The fourth-order valence-electron chi connectivity index (χ4n) is 1.59. The zero-order valence-corrected chi connectivity index (χ0v) is 9.18. The average molecular weight is 226 g/mol. The maximum atomic E-state index is 10.8. The van der Waals surface area contributed by atoms with Crippen LogP contribution < -0.4 is 11.1 Å². The number of hydrogen-bond donors (Lipinski definition) is 2. The van der Waals surface area contributed by atoms with Crippen LogP contribution in [0.4, 0.5) is 4.79 Å². The molecule has 0 spiro atoms. The highest BCUT2D eigenvalue weighted by atomic mass is 32.1. The average Bonchev–Trinajstić information content (AvgIpc) is 2.69. The number of alkyl carbamates (subject to hydrolysis) is 1. The number of hydrogen-bond acceptors (Lipinski definition) is 4. The van der Waals surface area contributed by atoms with Gasteiger partial charge in [0.05, 0.1) is 6.61 Å². The van der Waals surface area contributed by atoms with Gasteiger partial charge in [-0.1, -0.05) is 0 Å². The normalized spacial score (nSPS) is 20.9. The molecule has 1 saturated heterocycles. The molecule has 5 heteroatoms. The van der Waals surface area contributed by atoms with E-state index in [1.54, 1.807) is 11.3 Å². The Labute approximate surface area is 92.4 Å². The molecule has 1 aliphatic rings. The van der Waals surface area contributed by atoms with Crippen LogP contribution in [0.15, 0.2) is 12.1 Å². The van der Waals surface area contributed by atoms with Crippen LogP contribution in [0.5, 0.6) is 0 Å². The molecule has 1 aliphatic heterocycles. The molecule has 15 heavy (non-hydrogen) atoms. The first-order chi connectivity index (χ1) is 7.28. The van der Waals surface area contributed by atoms with Crippen LogP contribution in [-0.2, 0) is 17.7 Å². The number of amides is 1. The number of rotatable bonds is 3. The van der Waals surface area contributed by atoms with E-state index < -0.39 is 0 Å². The van der Waals surface area contributed by atoms with E-state index in [1.807, 2.05) is 0 Å². The van der Waals surface area contributed by atoms with Gasteiger partial charge in [-0.3, -0.25) is 0 Å². The highest BCUT2D eigenvalue weighted by Gasteiger charge is 2.19. The summed E-state index contributed by atoms with van der Waals surface area (Å²) in [5.74, 6) is 0.381. The van der Waals surface area contributed by atoms with Crippen LogP contribution in [0.2, 0.25) is 0 Å². The highest BCUT2D eigenvalue weighted by molar-refractivity contribution is 7.11. The predicted octanol–water partition coefficient (Wildman–Crippen LogP) is 1.11. The summed E-state index contributed by atoms with van der Waals surface area (Å²) in [5, 5.41) is 2.69. The van der Waals surface area contributed by atoms with Gasteiger partial charge in [0.1, 0.15) is 0 Å². The van der Waals surface area contributed by atoms with Crippen LogP contribution in [0.25, 0.3) is 0 Å². The van der Waals surface area contributed by atoms with Gasteiger partial charge >= 0.3 is 6.09 Å². The Balaban J connectivity index is 1.88. The number of thiophene rings is 1. The molecular weight excluding hydrogens is 212 g/mol. The molecule has 3 N–H and O–H groups in total. The number of nitrogens with two attached hydrogens (primary N) is 1. The van der Waals surface area contributed by atoms with Crippen molar-refractivity contribution < 1.29 is 9.53 Å². The zero-order chi connectivity index (χ0) is 10.7. The third-order valence-corrected chi connectivity index (χ3v) is 3.52. The van der Waals surface area contributed by atoms with Crippen LogP contribution in [-0.4, -0.2) is 19.2 Å². The van der Waals surface area contributed by atoms with Gasteiger partial charge in [0.2, 0.25) is 0 Å². The summed E-state index contributed by atoms with van der Waals surface area (Å²) < 4.78 is 4.93. The first kappa shape index (κ1) is 10.4. The second-order valence-corrected chi connectivity index (χ2v) is 4.87. The molecule has 1 fully saturated rings. The summed E-state index contributed by atoms with van der Waals surface area (Å²) >= 11 is 1.73. The van der Waals surface area contributed by atoms with Crippen molar-refractivity contribution in [3.63, 3.8) is 0 Å². The summed E-state index contributed by atoms with van der Waals surface area (Å²) in [7, 11) is 0. The predicted molar refractivity (Wildman–Crippen MR) is 58.8 cm³/mol. The molecule has 1 amide bonds. The number of cyclic esters (lactones) is 1. The van der Waals surface area contributed by atoms with E-state index in [9.17, 15) is 4.79 Å². The SMILES string of the molecule is NCc1ccc(C[C@@H]2CNC(=O)OC2)s1. The molecule has 0 unspecified atom stereocenters. The summed E-state index contributed by atoms with van der Waals surface area (Å²) in [6.45, 7) is 1.82. The third kappa shape index (κ3) is 2.70. The van der Waals surface area contributed by atoms with Gasteiger partial charge in [-0.2, -0.15) is 0 Å². The summed E-state index contributed by atoms with van der Waals surface area (Å²) in [6.07, 6.45) is 0.644. The monoisotopic (exact) mass is 226 g/mol. The molecule has 1 atom stereocenters. The van der Waals surface area contributed by atoms with Gasteiger partial charge in [-0.05, 0) is 18.6 Å². The van der Waals surface area contributed by atoms with Gasteiger partial charge in [0.25, 0.3) is 0 Å². The van der Waals surface area contributed by atoms with Crippen LogP contribution in [0.3, 0.4) is 0 Å². The lowest BCUT2D eigenvalue weighted by molar-refractivity contribution is 0.103. The minimum Gasteiger partial charge on any atom is -0.449 e. The molecule has 2 rings (SSSR count). The van der Waals surface area contributed by atoms with Gasteiger partial charge in [0.15, 0.2) is 0 Å². The lowest BCUT2D eigenvalue weighted by atomic mass is 10.1. The first-order valence-corrected chi connectivity index (χ1v) is 5.78. The molecule has 0 radical (unpaired) electrons. The van der Waals surface area contributed by atoms with Crippen LogP contribution in [0.1, 0.15) is 9.75 Å². The Kier molecular flexibility index (Phi) is 3.23. The maximum absolute atomic E-state index is 10.8. The Bertz CT molecular complexity index is 341. The van der Waals surface area contributed by atoms with E-state index in [2.05, 4.69) is 17.4 Å². The van der Waals surface area contributed by atoms with Crippen molar-refractivity contribution >= 4 is 17.4 Å². The van der Waals surface area contributed by atoms with Crippen molar-refractivity contribution in [1.29, 1.82) is 0 Å². The number of nitrogens with one attached hydrogen (secondary N) is 1. The number of carbonyl (C=O) groups is 1. The van der Waals surface area contributed by atoms with Crippen molar-refractivity contribution in [3.8, 4) is 0 Å². The minimum absolute atomic E-state index is 0.305. The fraction of sp³-hybridized carbons (Fsp3) is 0.500. The van der Waals surface area contributed by atoms with Gasteiger partial charge in [-0.25, -0.2) is 4.79 Å². The number of carbonyl (C=O) groups excluding carboxylic acids is 1. The smallest absolute Gasteiger partial charge is 0.407 e. The van der Waals surface area contributed by atoms with Gasteiger partial charge in [-0.15, -0.1) is 11.3 Å². The molecule has 2 heterocycles. The molecule has 0 saturated carbocycles. The lowest BCUT2D eigenvalue weighted by Crippen LogP contribution is -2.39. The van der Waals surface area contributed by atoms with E-state index >= 15 is 0 Å². The van der Waals surface area contributed by atoms with E-state index in [4.69, 9.17) is 10.5 Å². The van der Waals surface area contributed by atoms with Crippen LogP contribution in [0, 0.1) is 5.92 Å². The number of ether oxygens (including phenoxy) is 1. The first-order valence-electron chi connectivity index (χ1n) is 4.96. The van der Waals surface area contributed by atoms with Gasteiger partial charge < -0.3 is 15.8 Å². The van der Waals surface area contributed by atoms with Crippen molar-refractivity contribution in [2.45, 2.75) is 13.0 Å². The maximum Gasteiger partial charge on any atom is 0.407 e. The summed E-state index contributed by atoms with van der Waals surface area (Å²) in [5.41, 5.74) is 5.54. The summed E-state index contributed by atoms with van der Waals surface area (Å²) in [6, 6.07) is 4.16. The second kappa shape index (κ2) is 4.63. The molecule has 4 nitrogen and oxygen atoms in total. The van der Waals surface area contributed by atoms with E-state index in [-0.39, 0.29) is 6.09 Å². The second-order valence-electron chi connectivity index (χ2n) is 3.62. The zero-order valence-electron chi connectivity index (χ0n) is 8.36. The van der Waals surface area contributed by atoms with E-state index in [0.717, 1.165) is 6.42 Å². The molecular formula is C10H14N2O2S. The molecule has 1 aromatic heterocycles. The Morgan fingerprint density at radius 3 is 2.93 bits per heavy atom. The van der Waals surface area contributed by atoms with E-state index in [1.165, 1.54) is 9.75 Å². The van der Waals surface area contributed by atoms with Crippen molar-refractivity contribution in [1.82, 2.24) is 5.32 Å². The summed E-state index contributed by atoms with van der Waals surface area (Å²) in [4.78, 5) is 13.3. The van der Waals surface area contributed by atoms with Crippen molar-refractivity contribution in [2.75, 3.05) is 13.2 Å².